The fourth-order valence-corrected chi connectivity index (χ4v) is 3.14. The summed E-state index contributed by atoms with van der Waals surface area (Å²) in [6.45, 7) is 1.58. The second-order valence-electron chi connectivity index (χ2n) is 4.31. The van der Waals surface area contributed by atoms with Crippen LogP contribution in [-0.4, -0.2) is 25.6 Å². The van der Waals surface area contributed by atoms with Crippen LogP contribution in [0.4, 0.5) is 0 Å². The first-order valence-corrected chi connectivity index (χ1v) is 6.97. The third-order valence-electron chi connectivity index (χ3n) is 3.00. The molecular weight excluding hydrogens is 286 g/mol. The number of thioether (sulfide) groups is 1. The van der Waals surface area contributed by atoms with Crippen molar-refractivity contribution in [1.82, 2.24) is 14.8 Å². The minimum Gasteiger partial charge on any atom is -0.365 e. The Morgan fingerprint density at radius 2 is 2.11 bits per heavy atom. The molecule has 0 aliphatic carbocycles. The number of fused-ring (bicyclic) bond motifs is 1. The molecule has 1 atom stereocenters. The van der Waals surface area contributed by atoms with E-state index in [1.54, 1.807) is 31.2 Å². The Morgan fingerprint density at radius 1 is 1.42 bits per heavy atom. The number of aliphatic hydroxyl groups is 1. The average molecular weight is 296 g/mol. The topological polar surface area (TPSA) is 68.0 Å². The zero-order valence-corrected chi connectivity index (χ0v) is 11.6. The van der Waals surface area contributed by atoms with E-state index in [2.05, 4.69) is 10.1 Å². The van der Waals surface area contributed by atoms with Gasteiger partial charge in [-0.15, -0.1) is 0 Å². The molecule has 5 nitrogen and oxygen atoms in total. The van der Waals surface area contributed by atoms with Crippen molar-refractivity contribution in [2.45, 2.75) is 17.8 Å². The van der Waals surface area contributed by atoms with Gasteiger partial charge in [0.15, 0.2) is 10.9 Å². The van der Waals surface area contributed by atoms with Crippen molar-refractivity contribution in [3.05, 3.63) is 50.9 Å². The summed E-state index contributed by atoms with van der Waals surface area (Å²) < 4.78 is 1.40. The zero-order valence-electron chi connectivity index (χ0n) is 10.00. The predicted molar refractivity (Wildman–Crippen MR) is 72.5 cm³/mol. The second kappa shape index (κ2) is 4.33. The zero-order chi connectivity index (χ0) is 13.6. The molecule has 2 heterocycles. The van der Waals surface area contributed by atoms with Gasteiger partial charge >= 0.3 is 0 Å². The summed E-state index contributed by atoms with van der Waals surface area (Å²) in [4.78, 5) is 15.4. The highest BCUT2D eigenvalue weighted by Crippen LogP contribution is 2.38. The number of hydrogen-bond donors (Lipinski definition) is 1. The lowest BCUT2D eigenvalue weighted by Crippen LogP contribution is -2.37. The molecule has 0 saturated heterocycles. The summed E-state index contributed by atoms with van der Waals surface area (Å²) >= 11 is 7.15. The Labute approximate surface area is 118 Å². The van der Waals surface area contributed by atoms with E-state index in [0.717, 1.165) is 0 Å². The van der Waals surface area contributed by atoms with Crippen LogP contribution < -0.4 is 5.56 Å². The highest BCUT2D eigenvalue weighted by Gasteiger charge is 2.40. The molecule has 1 aliphatic rings. The lowest BCUT2D eigenvalue weighted by atomic mass is 10.1. The van der Waals surface area contributed by atoms with E-state index < -0.39 is 5.72 Å². The van der Waals surface area contributed by atoms with E-state index in [-0.39, 0.29) is 11.3 Å². The van der Waals surface area contributed by atoms with Crippen LogP contribution in [0, 0.1) is 6.92 Å². The van der Waals surface area contributed by atoms with Gasteiger partial charge in [-0.3, -0.25) is 4.79 Å². The van der Waals surface area contributed by atoms with Crippen LogP contribution >= 0.6 is 23.4 Å². The van der Waals surface area contributed by atoms with Gasteiger partial charge in [-0.25, -0.2) is 4.68 Å². The molecular formula is C12H10ClN3O2S. The summed E-state index contributed by atoms with van der Waals surface area (Å²) in [5.74, 6) is 0.359. The van der Waals surface area contributed by atoms with Crippen molar-refractivity contribution in [3.63, 3.8) is 0 Å². The molecule has 1 N–H and O–H groups in total. The Morgan fingerprint density at radius 3 is 2.79 bits per heavy atom. The molecule has 0 amide bonds. The van der Waals surface area contributed by atoms with Crippen LogP contribution in [0.15, 0.2) is 34.2 Å². The summed E-state index contributed by atoms with van der Waals surface area (Å²) in [6.07, 6.45) is 0. The third kappa shape index (κ3) is 1.96. The lowest BCUT2D eigenvalue weighted by Gasteiger charge is -2.24. The maximum atomic E-state index is 11.5. The van der Waals surface area contributed by atoms with Gasteiger partial charge in [-0.05, 0) is 19.1 Å². The van der Waals surface area contributed by atoms with Crippen LogP contribution in [0.5, 0.6) is 0 Å². The first-order chi connectivity index (χ1) is 9.00. The summed E-state index contributed by atoms with van der Waals surface area (Å²) in [5, 5.41) is 16.0. The molecule has 0 unspecified atom stereocenters. The normalized spacial score (nSPS) is 21.4. The Hall–Kier alpha value is -1.37. The molecule has 1 aromatic heterocycles. The Kier molecular flexibility index (Phi) is 2.88. The molecule has 0 fully saturated rings. The summed E-state index contributed by atoms with van der Waals surface area (Å²) in [6, 6.07) is 6.90. The molecule has 2 aromatic rings. The van der Waals surface area contributed by atoms with Gasteiger partial charge in [-0.1, -0.05) is 35.5 Å². The molecule has 0 bridgehead atoms. The summed E-state index contributed by atoms with van der Waals surface area (Å²) in [5.41, 5.74) is -0.728. The van der Waals surface area contributed by atoms with Gasteiger partial charge < -0.3 is 5.11 Å². The SMILES string of the molecule is Cc1nn2c(nc1=O)SC[C@]2(O)c1ccc(Cl)cc1. The van der Waals surface area contributed by atoms with Crippen LogP contribution in [0.2, 0.25) is 5.02 Å². The van der Waals surface area contributed by atoms with Crippen molar-refractivity contribution >= 4 is 23.4 Å². The van der Waals surface area contributed by atoms with Gasteiger partial charge in [-0.2, -0.15) is 10.1 Å². The largest absolute Gasteiger partial charge is 0.365 e. The van der Waals surface area contributed by atoms with Crippen LogP contribution in [-0.2, 0) is 5.72 Å². The van der Waals surface area contributed by atoms with E-state index in [1.807, 2.05) is 0 Å². The van der Waals surface area contributed by atoms with E-state index >= 15 is 0 Å². The van der Waals surface area contributed by atoms with E-state index in [1.165, 1.54) is 16.4 Å². The van der Waals surface area contributed by atoms with Gasteiger partial charge in [0.05, 0.1) is 5.75 Å². The molecule has 3 rings (SSSR count). The van der Waals surface area contributed by atoms with Crippen molar-refractivity contribution in [2.24, 2.45) is 0 Å². The summed E-state index contributed by atoms with van der Waals surface area (Å²) in [7, 11) is 0. The third-order valence-corrected chi connectivity index (χ3v) is 4.32. The number of hydrogen-bond acceptors (Lipinski definition) is 5. The lowest BCUT2D eigenvalue weighted by molar-refractivity contribution is 0.0116. The minimum atomic E-state index is -1.30. The van der Waals surface area contributed by atoms with Crippen molar-refractivity contribution < 1.29 is 5.11 Å². The molecule has 98 valence electrons. The van der Waals surface area contributed by atoms with E-state index in [9.17, 15) is 9.90 Å². The van der Waals surface area contributed by atoms with E-state index in [4.69, 9.17) is 11.6 Å². The first-order valence-electron chi connectivity index (χ1n) is 5.60. The monoisotopic (exact) mass is 295 g/mol. The molecule has 7 heteroatoms. The molecule has 0 saturated carbocycles. The Bertz CT molecular complexity index is 701. The van der Waals surface area contributed by atoms with Crippen LogP contribution in [0.3, 0.4) is 0 Å². The second-order valence-corrected chi connectivity index (χ2v) is 5.69. The molecule has 1 aromatic carbocycles. The minimum absolute atomic E-state index is 0.263. The van der Waals surface area contributed by atoms with Gasteiger partial charge in [0.25, 0.3) is 5.56 Å². The number of nitrogens with zero attached hydrogens (tertiary/aromatic N) is 3. The van der Waals surface area contributed by atoms with Crippen LogP contribution in [0.1, 0.15) is 11.3 Å². The van der Waals surface area contributed by atoms with Crippen LogP contribution in [0.25, 0.3) is 0 Å². The predicted octanol–water partition coefficient (Wildman–Crippen LogP) is 1.40. The first kappa shape index (κ1) is 12.7. The standard InChI is InChI=1S/C12H10ClN3O2S/c1-7-10(17)14-11-16(15-7)12(18,6-19-11)8-2-4-9(13)5-3-8/h2-5,18H,6H2,1H3/t12-/m0/s1. The van der Waals surface area contributed by atoms with Gasteiger partial charge in [0.1, 0.15) is 5.69 Å². The van der Waals surface area contributed by atoms with E-state index in [0.29, 0.717) is 21.5 Å². The molecule has 19 heavy (non-hydrogen) atoms. The molecule has 0 radical (unpaired) electrons. The number of rotatable bonds is 1. The van der Waals surface area contributed by atoms with Gasteiger partial charge in [0.2, 0.25) is 0 Å². The van der Waals surface area contributed by atoms with Crippen molar-refractivity contribution in [1.29, 1.82) is 0 Å². The quantitative estimate of drug-likeness (QED) is 0.861. The van der Waals surface area contributed by atoms with Gasteiger partial charge in [0, 0.05) is 10.6 Å². The average Bonchev–Trinajstić information content (AvgIpc) is 2.70. The van der Waals surface area contributed by atoms with Crippen molar-refractivity contribution in [3.8, 4) is 0 Å². The fourth-order valence-electron chi connectivity index (χ4n) is 1.93. The number of benzene rings is 1. The smallest absolute Gasteiger partial charge is 0.295 e. The fraction of sp³-hybridized carbons (Fsp3) is 0.250. The Balaban J connectivity index is 2.17. The molecule has 0 spiro atoms. The molecule has 1 aliphatic heterocycles. The maximum absolute atomic E-state index is 11.5. The highest BCUT2D eigenvalue weighted by atomic mass is 35.5. The van der Waals surface area contributed by atoms with Crippen molar-refractivity contribution in [2.75, 3.05) is 5.75 Å². The number of aromatic nitrogens is 3. The highest BCUT2D eigenvalue weighted by molar-refractivity contribution is 7.99. The number of halogens is 1. The number of aryl methyl sites for hydroxylation is 1. The maximum Gasteiger partial charge on any atom is 0.295 e.